The molecule has 1 fully saturated rings. The predicted molar refractivity (Wildman–Crippen MR) is 148 cm³/mol. The van der Waals surface area contributed by atoms with Crippen LogP contribution in [-0.2, 0) is 13.1 Å². The van der Waals surface area contributed by atoms with Crippen LogP contribution < -0.4 is 20.3 Å². The van der Waals surface area contributed by atoms with E-state index >= 15 is 0 Å². The van der Waals surface area contributed by atoms with Gasteiger partial charge in [0.1, 0.15) is 11.6 Å². The lowest BCUT2D eigenvalue weighted by Gasteiger charge is -2.33. The van der Waals surface area contributed by atoms with Crippen LogP contribution in [0.4, 0.5) is 5.82 Å². The first-order chi connectivity index (χ1) is 15.5. The molecule has 1 atom stereocenters. The Kier molecular flexibility index (Phi) is 11.2. The molecule has 1 unspecified atom stereocenters. The minimum absolute atomic E-state index is 0. The molecule has 0 amide bonds. The standard InChI is InChI=1S/C25H38N6O.HI/c1-6-20(3)32-23-15-19(2)7-8-22(23)18-29-25(26-4)28-17-21-9-10-27-24(16-21)31-13-11-30(5)12-14-31;/h7-10,15-16,20H,6,11-14,17-18H2,1-5H3,(H2,26,28,29);1H. The third kappa shape index (κ3) is 8.33. The second-order valence-electron chi connectivity index (χ2n) is 8.54. The van der Waals surface area contributed by atoms with Gasteiger partial charge in [-0.15, -0.1) is 24.0 Å². The van der Waals surface area contributed by atoms with E-state index in [4.69, 9.17) is 4.74 Å². The normalized spacial score (nSPS) is 15.5. The van der Waals surface area contributed by atoms with Gasteiger partial charge in [0.25, 0.3) is 0 Å². The number of anilines is 1. The zero-order valence-corrected chi connectivity index (χ0v) is 22.9. The number of halogens is 1. The highest BCUT2D eigenvalue weighted by Gasteiger charge is 2.15. The molecule has 0 saturated carbocycles. The molecule has 1 aliphatic heterocycles. The Morgan fingerprint density at radius 1 is 1.12 bits per heavy atom. The van der Waals surface area contributed by atoms with Crippen molar-refractivity contribution in [2.75, 3.05) is 45.2 Å². The van der Waals surface area contributed by atoms with Crippen molar-refractivity contribution in [3.05, 3.63) is 53.2 Å². The number of aryl methyl sites for hydroxylation is 1. The van der Waals surface area contributed by atoms with Crippen molar-refractivity contribution in [3.63, 3.8) is 0 Å². The van der Waals surface area contributed by atoms with Crippen LogP contribution in [0, 0.1) is 6.92 Å². The molecule has 1 aromatic carbocycles. The van der Waals surface area contributed by atoms with Crippen molar-refractivity contribution in [1.29, 1.82) is 0 Å². The number of benzene rings is 1. The van der Waals surface area contributed by atoms with Crippen LogP contribution in [0.15, 0.2) is 41.5 Å². The second kappa shape index (κ2) is 13.6. The molecule has 2 heterocycles. The summed E-state index contributed by atoms with van der Waals surface area (Å²) in [4.78, 5) is 13.7. The number of aliphatic imine (C=N–C) groups is 1. The van der Waals surface area contributed by atoms with E-state index in [1.165, 1.54) is 11.1 Å². The Bertz CT molecular complexity index is 898. The van der Waals surface area contributed by atoms with Gasteiger partial charge in [0.15, 0.2) is 5.96 Å². The summed E-state index contributed by atoms with van der Waals surface area (Å²) < 4.78 is 6.13. The summed E-state index contributed by atoms with van der Waals surface area (Å²) in [7, 11) is 3.96. The Morgan fingerprint density at radius 2 is 1.85 bits per heavy atom. The number of piperazine rings is 1. The zero-order chi connectivity index (χ0) is 22.9. The van der Waals surface area contributed by atoms with Gasteiger partial charge < -0.3 is 25.2 Å². The van der Waals surface area contributed by atoms with Gasteiger partial charge in [0.05, 0.1) is 6.10 Å². The fourth-order valence-corrected chi connectivity index (χ4v) is 3.58. The van der Waals surface area contributed by atoms with Gasteiger partial charge in [-0.2, -0.15) is 0 Å². The molecule has 8 heteroatoms. The molecule has 2 aromatic rings. The third-order valence-electron chi connectivity index (χ3n) is 5.89. The van der Waals surface area contributed by atoms with Crippen molar-refractivity contribution in [1.82, 2.24) is 20.5 Å². The Balaban J connectivity index is 0.00000385. The van der Waals surface area contributed by atoms with Crippen LogP contribution >= 0.6 is 24.0 Å². The largest absolute Gasteiger partial charge is 0.490 e. The van der Waals surface area contributed by atoms with Gasteiger partial charge in [0.2, 0.25) is 0 Å². The minimum atomic E-state index is 0. The monoisotopic (exact) mass is 566 g/mol. The molecular weight excluding hydrogens is 527 g/mol. The Labute approximate surface area is 216 Å². The van der Waals surface area contributed by atoms with Crippen LogP contribution in [0.25, 0.3) is 0 Å². The molecule has 182 valence electrons. The van der Waals surface area contributed by atoms with Gasteiger partial charge in [-0.3, -0.25) is 4.99 Å². The highest BCUT2D eigenvalue weighted by molar-refractivity contribution is 14.0. The summed E-state index contributed by atoms with van der Waals surface area (Å²) in [6, 6.07) is 10.6. The van der Waals surface area contributed by atoms with Gasteiger partial charge in [-0.05, 0) is 56.6 Å². The van der Waals surface area contributed by atoms with Gasteiger partial charge >= 0.3 is 0 Å². The lowest BCUT2D eigenvalue weighted by molar-refractivity contribution is 0.215. The van der Waals surface area contributed by atoms with Crippen LogP contribution in [0.3, 0.4) is 0 Å². The van der Waals surface area contributed by atoms with Crippen molar-refractivity contribution >= 4 is 35.8 Å². The highest BCUT2D eigenvalue weighted by Crippen LogP contribution is 2.22. The average molecular weight is 567 g/mol. The fraction of sp³-hybridized carbons (Fsp3) is 0.520. The topological polar surface area (TPSA) is 65.0 Å². The van der Waals surface area contributed by atoms with E-state index < -0.39 is 0 Å². The first-order valence-electron chi connectivity index (χ1n) is 11.6. The average Bonchev–Trinajstić information content (AvgIpc) is 2.81. The molecular formula is C25H39IN6O. The summed E-state index contributed by atoms with van der Waals surface area (Å²) >= 11 is 0. The first kappa shape index (κ1) is 27.2. The molecule has 0 spiro atoms. The maximum absolute atomic E-state index is 6.13. The number of likely N-dealkylation sites (N-methyl/N-ethyl adjacent to an activating group) is 1. The molecule has 1 aromatic heterocycles. The second-order valence-corrected chi connectivity index (χ2v) is 8.54. The number of pyridine rings is 1. The van der Waals surface area contributed by atoms with Crippen molar-refractivity contribution in [2.45, 2.75) is 46.4 Å². The molecule has 1 saturated heterocycles. The van der Waals surface area contributed by atoms with Gasteiger partial charge in [0, 0.05) is 58.1 Å². The lowest BCUT2D eigenvalue weighted by Crippen LogP contribution is -2.44. The minimum Gasteiger partial charge on any atom is -0.490 e. The number of ether oxygens (including phenoxy) is 1. The molecule has 1 aliphatic rings. The smallest absolute Gasteiger partial charge is 0.191 e. The molecule has 3 rings (SSSR count). The number of nitrogens with zero attached hydrogens (tertiary/aromatic N) is 4. The summed E-state index contributed by atoms with van der Waals surface area (Å²) in [5.41, 5.74) is 3.51. The third-order valence-corrected chi connectivity index (χ3v) is 5.89. The van der Waals surface area contributed by atoms with E-state index in [2.05, 4.69) is 88.6 Å². The number of aromatic nitrogens is 1. The van der Waals surface area contributed by atoms with Gasteiger partial charge in [-0.1, -0.05) is 19.1 Å². The van der Waals surface area contributed by atoms with Crippen molar-refractivity contribution < 1.29 is 4.74 Å². The van der Waals surface area contributed by atoms with Gasteiger partial charge in [-0.25, -0.2) is 4.98 Å². The first-order valence-corrected chi connectivity index (χ1v) is 11.6. The molecule has 33 heavy (non-hydrogen) atoms. The predicted octanol–water partition coefficient (Wildman–Crippen LogP) is 3.80. The number of rotatable bonds is 8. The van der Waals surface area contributed by atoms with E-state index in [1.54, 1.807) is 7.05 Å². The van der Waals surface area contributed by atoms with E-state index in [0.29, 0.717) is 13.1 Å². The van der Waals surface area contributed by atoms with E-state index in [1.807, 2.05) is 6.20 Å². The quantitative estimate of drug-likeness (QED) is 0.288. The maximum Gasteiger partial charge on any atom is 0.191 e. The molecule has 0 aliphatic carbocycles. The van der Waals surface area contributed by atoms with E-state index in [0.717, 1.165) is 55.7 Å². The van der Waals surface area contributed by atoms with Crippen LogP contribution in [0.1, 0.15) is 37.0 Å². The number of nitrogens with one attached hydrogen (secondary N) is 2. The molecule has 2 N–H and O–H groups in total. The Morgan fingerprint density at radius 3 is 2.55 bits per heavy atom. The number of hydrogen-bond donors (Lipinski definition) is 2. The number of guanidine groups is 1. The fourth-order valence-electron chi connectivity index (χ4n) is 3.58. The van der Waals surface area contributed by atoms with Crippen molar-refractivity contribution in [3.8, 4) is 5.75 Å². The van der Waals surface area contributed by atoms with Crippen LogP contribution in [0.2, 0.25) is 0 Å². The highest BCUT2D eigenvalue weighted by atomic mass is 127. The summed E-state index contributed by atoms with van der Waals surface area (Å²) in [5, 5.41) is 6.84. The molecule has 0 bridgehead atoms. The summed E-state index contributed by atoms with van der Waals surface area (Å²) in [6.07, 6.45) is 3.06. The van der Waals surface area contributed by atoms with Crippen LogP contribution in [-0.4, -0.2) is 62.2 Å². The van der Waals surface area contributed by atoms with E-state index in [9.17, 15) is 0 Å². The zero-order valence-electron chi connectivity index (χ0n) is 20.6. The number of hydrogen-bond acceptors (Lipinski definition) is 5. The van der Waals surface area contributed by atoms with Crippen LogP contribution in [0.5, 0.6) is 5.75 Å². The Hall–Kier alpha value is -2.07. The van der Waals surface area contributed by atoms with E-state index in [-0.39, 0.29) is 30.1 Å². The molecule has 7 nitrogen and oxygen atoms in total. The maximum atomic E-state index is 6.13. The lowest BCUT2D eigenvalue weighted by atomic mass is 10.1. The molecule has 0 radical (unpaired) electrons. The van der Waals surface area contributed by atoms with Crippen molar-refractivity contribution in [2.24, 2.45) is 4.99 Å². The SMILES string of the molecule is CCC(C)Oc1cc(C)ccc1CNC(=NC)NCc1ccnc(N2CCN(C)CC2)c1.I. The summed E-state index contributed by atoms with van der Waals surface area (Å²) in [5.74, 6) is 2.75. The summed E-state index contributed by atoms with van der Waals surface area (Å²) in [6.45, 7) is 11.8.